The fourth-order valence-electron chi connectivity index (χ4n) is 0. The summed E-state index contributed by atoms with van der Waals surface area (Å²) < 4.78 is 0. The molecule has 0 aromatic rings. The van der Waals surface area contributed by atoms with Gasteiger partial charge < -0.3 is 51.1 Å². The molecule has 0 spiro atoms. The molecule has 15 heavy (non-hydrogen) atoms. The molecule has 0 radical (unpaired) electrons. The Bertz CT molecular complexity index is 118. The zero-order valence-corrected chi connectivity index (χ0v) is 10.7. The first-order chi connectivity index (χ1) is 6.20. The van der Waals surface area contributed by atoms with Gasteiger partial charge in [-0.1, -0.05) is 0 Å². The van der Waals surface area contributed by atoms with Crippen LogP contribution >= 0.6 is 0 Å². The number of aliphatic hydroxyl groups excluding tert-OH is 1. The maximum Gasteiger partial charge on any atom is 3.00 e. The van der Waals surface area contributed by atoms with Crippen LogP contribution in [-0.2, 0) is 0 Å². The molecule has 0 unspecified atom stereocenters. The fraction of sp³-hybridized carbons (Fsp3) is 1.00. The third kappa shape index (κ3) is 951. The van der Waals surface area contributed by atoms with E-state index in [0.29, 0.717) is 0 Å². The van der Waals surface area contributed by atoms with E-state index in [9.17, 15) is 0 Å². The van der Waals surface area contributed by atoms with Crippen LogP contribution in [0.5, 0.6) is 0 Å². The van der Waals surface area contributed by atoms with E-state index in [1.807, 2.05) is 0 Å². The molecule has 13 nitrogen and oxygen atoms in total. The third-order valence-corrected chi connectivity index (χ3v) is 0. The minimum Gasteiger partial charge on any atom is -0.400 e. The predicted molar refractivity (Wildman–Crippen MR) is 39.2 cm³/mol. The van der Waals surface area contributed by atoms with Gasteiger partial charge in [-0.2, -0.15) is 0 Å². The summed E-state index contributed by atoms with van der Waals surface area (Å²) in [6.45, 7) is 0. The van der Waals surface area contributed by atoms with E-state index in [4.69, 9.17) is 51.1 Å². The minimum absolute atomic E-state index is 0. The van der Waals surface area contributed by atoms with Gasteiger partial charge in [0.1, 0.15) is 0 Å². The van der Waals surface area contributed by atoms with Crippen molar-refractivity contribution in [3.05, 3.63) is 46.0 Å². The molecule has 0 aromatic heterocycles. The van der Waals surface area contributed by atoms with Crippen molar-refractivity contribution >= 4 is 0 Å². The summed E-state index contributed by atoms with van der Waals surface area (Å²) in [5, 5.41) is 51.2. The van der Waals surface area contributed by atoms with Crippen LogP contribution in [0.1, 0.15) is 0 Å². The van der Waals surface area contributed by atoms with Crippen molar-refractivity contribution in [1.82, 2.24) is 0 Å². The van der Waals surface area contributed by atoms with Gasteiger partial charge in [-0.3, -0.25) is 0 Å². The second-order valence-electron chi connectivity index (χ2n) is 0.671. The molecule has 14 heteroatoms. The van der Waals surface area contributed by atoms with E-state index in [-0.39, 0.29) is 35.6 Å². The maximum absolute atomic E-state index is 8.25. The van der Waals surface area contributed by atoms with Crippen LogP contribution in [0.3, 0.4) is 0 Å². The van der Waals surface area contributed by atoms with E-state index in [2.05, 4.69) is 0 Å². The normalized spacial score (nSPS) is 5.20. The van der Waals surface area contributed by atoms with Gasteiger partial charge in [0.2, 0.25) is 0 Å². The zero-order valence-electron chi connectivity index (χ0n) is 7.04. The SMILES string of the molecule is CO.O=[N+]([O-])[O-].O=[N+]([O-])[O-].O=[N+]([O-])[O-].[La+3]. The van der Waals surface area contributed by atoms with E-state index >= 15 is 0 Å². The summed E-state index contributed by atoms with van der Waals surface area (Å²) in [4.78, 5) is 24.8. The number of nitrogens with zero attached hydrogens (tertiary/aromatic N) is 3. The second kappa shape index (κ2) is 29.3. The van der Waals surface area contributed by atoms with Crippen LogP contribution in [0.15, 0.2) is 0 Å². The van der Waals surface area contributed by atoms with E-state index in [1.54, 1.807) is 0 Å². The average Bonchev–Trinajstić information content (AvgIpc) is 1.86. The van der Waals surface area contributed by atoms with Crippen molar-refractivity contribution in [2.45, 2.75) is 0 Å². The Hall–Kier alpha value is -1.25. The van der Waals surface area contributed by atoms with Crippen LogP contribution in [0.25, 0.3) is 0 Å². The molecule has 0 aliphatic rings. The van der Waals surface area contributed by atoms with Gasteiger partial charge in [-0.25, -0.2) is 0 Å². The first kappa shape index (κ1) is 29.2. The molecule has 0 saturated heterocycles. The molecule has 0 aliphatic carbocycles. The third-order valence-electron chi connectivity index (χ3n) is 0. The Morgan fingerprint density at radius 3 is 0.667 bits per heavy atom. The average molecular weight is 357 g/mol. The molecule has 86 valence electrons. The summed E-state index contributed by atoms with van der Waals surface area (Å²) in [5.41, 5.74) is 0. The van der Waals surface area contributed by atoms with Crippen molar-refractivity contribution in [2.75, 3.05) is 7.11 Å². The molecule has 0 atom stereocenters. The van der Waals surface area contributed by atoms with Crippen molar-refractivity contribution in [2.24, 2.45) is 0 Å². The molecule has 0 amide bonds. The largest absolute Gasteiger partial charge is 3.00 e. The van der Waals surface area contributed by atoms with Crippen molar-refractivity contribution < 1.29 is 56.0 Å². The van der Waals surface area contributed by atoms with Crippen LogP contribution in [0, 0.1) is 81.6 Å². The molecule has 1 N–H and O–H groups in total. The number of rotatable bonds is 0. The second-order valence-corrected chi connectivity index (χ2v) is 0.671. The molecule has 0 rings (SSSR count). The summed E-state index contributed by atoms with van der Waals surface area (Å²) in [7, 11) is 1.00. The summed E-state index contributed by atoms with van der Waals surface area (Å²) in [6, 6.07) is 0. The monoisotopic (exact) mass is 357 g/mol. The van der Waals surface area contributed by atoms with Crippen molar-refractivity contribution in [3.63, 3.8) is 0 Å². The fourth-order valence-corrected chi connectivity index (χ4v) is 0. The quantitative estimate of drug-likeness (QED) is 0.407. The van der Waals surface area contributed by atoms with Crippen LogP contribution < -0.4 is 0 Å². The minimum atomic E-state index is -1.75. The van der Waals surface area contributed by atoms with Crippen LogP contribution in [0.2, 0.25) is 0 Å². The van der Waals surface area contributed by atoms with Gasteiger partial charge in [0.25, 0.3) is 0 Å². The summed E-state index contributed by atoms with van der Waals surface area (Å²) in [5.74, 6) is 0. The molecule has 0 fully saturated rings. The summed E-state index contributed by atoms with van der Waals surface area (Å²) >= 11 is 0. The summed E-state index contributed by atoms with van der Waals surface area (Å²) in [6.07, 6.45) is 0. The molecule has 0 heterocycles. The molecular weight excluding hydrogens is 353 g/mol. The predicted octanol–water partition coefficient (Wildman–Crippen LogP) is -1.11. The molecule has 0 aromatic carbocycles. The molecule has 0 bridgehead atoms. The van der Waals surface area contributed by atoms with Gasteiger partial charge in [-0.15, -0.1) is 0 Å². The Morgan fingerprint density at radius 1 is 0.667 bits per heavy atom. The van der Waals surface area contributed by atoms with Crippen LogP contribution in [0.4, 0.5) is 0 Å². The van der Waals surface area contributed by atoms with Crippen molar-refractivity contribution in [1.29, 1.82) is 0 Å². The van der Waals surface area contributed by atoms with E-state index in [1.165, 1.54) is 0 Å². The van der Waals surface area contributed by atoms with E-state index < -0.39 is 15.3 Å². The van der Waals surface area contributed by atoms with Gasteiger partial charge in [0, 0.05) is 7.11 Å². The van der Waals surface area contributed by atoms with Gasteiger partial charge >= 0.3 is 35.6 Å². The zero-order chi connectivity index (χ0) is 12.7. The Morgan fingerprint density at radius 2 is 0.667 bits per heavy atom. The Balaban J connectivity index is -0.0000000298. The Kier molecular flexibility index (Phi) is 57.0. The molecular formula is CH4LaN3O10. The number of aliphatic hydroxyl groups is 1. The molecule has 0 aliphatic heterocycles. The Labute approximate surface area is 109 Å². The first-order valence-corrected chi connectivity index (χ1v) is 2.09. The van der Waals surface area contributed by atoms with Crippen molar-refractivity contribution in [3.8, 4) is 0 Å². The standard InChI is InChI=1S/CH4O.La.3NO3/c1-2;;3*2-1(3)4/h2H,1H3;;;;/q;+3;3*-1. The number of hydrogen-bond donors (Lipinski definition) is 1. The first-order valence-electron chi connectivity index (χ1n) is 2.09. The van der Waals surface area contributed by atoms with E-state index in [0.717, 1.165) is 7.11 Å². The smallest absolute Gasteiger partial charge is 0.400 e. The molecule has 0 saturated carbocycles. The van der Waals surface area contributed by atoms with Gasteiger partial charge in [0.05, 0.1) is 15.3 Å². The maximum atomic E-state index is 8.25. The van der Waals surface area contributed by atoms with Gasteiger partial charge in [-0.05, 0) is 0 Å². The van der Waals surface area contributed by atoms with Crippen LogP contribution in [-0.4, -0.2) is 27.5 Å². The number of hydrogen-bond acceptors (Lipinski definition) is 10. The topological polar surface area (TPSA) is 219 Å². The van der Waals surface area contributed by atoms with Gasteiger partial charge in [0.15, 0.2) is 0 Å².